The monoisotopic (exact) mass is 462 g/mol. The fourth-order valence-electron chi connectivity index (χ4n) is 5.10. The Kier molecular flexibility index (Phi) is 6.69. The molecule has 180 valence electrons. The maximum Gasteiger partial charge on any atom is 0.337 e. The number of fused-ring (bicyclic) bond motifs is 1. The van der Waals surface area contributed by atoms with Gasteiger partial charge < -0.3 is 19.8 Å². The molecule has 0 amide bonds. The molecule has 0 radical (unpaired) electrons. The molecular weight excluding hydrogens is 428 g/mol. The van der Waals surface area contributed by atoms with Crippen LogP contribution in [0.5, 0.6) is 0 Å². The Morgan fingerprint density at radius 1 is 1.06 bits per heavy atom. The van der Waals surface area contributed by atoms with Gasteiger partial charge in [-0.3, -0.25) is 4.79 Å². The third kappa shape index (κ3) is 4.81. The average molecular weight is 463 g/mol. The Balaban J connectivity index is 2.01. The van der Waals surface area contributed by atoms with E-state index in [2.05, 4.69) is 0 Å². The molecule has 0 bridgehead atoms. The molecular formula is C28H34N2O4. The van der Waals surface area contributed by atoms with Crippen LogP contribution in [0.25, 0.3) is 22.2 Å². The van der Waals surface area contributed by atoms with E-state index in [9.17, 15) is 9.59 Å². The molecule has 4 rings (SSSR count). The lowest BCUT2D eigenvalue weighted by molar-refractivity contribution is -0.155. The van der Waals surface area contributed by atoms with Gasteiger partial charge in [0.25, 0.3) is 0 Å². The molecule has 0 saturated heterocycles. The van der Waals surface area contributed by atoms with E-state index < -0.39 is 11.6 Å². The van der Waals surface area contributed by atoms with E-state index in [0.717, 1.165) is 35.0 Å². The molecule has 1 saturated carbocycles. The highest BCUT2D eigenvalue weighted by atomic mass is 16.6. The Hall–Kier alpha value is -3.28. The van der Waals surface area contributed by atoms with Gasteiger partial charge in [-0.2, -0.15) is 0 Å². The van der Waals surface area contributed by atoms with E-state index >= 15 is 0 Å². The van der Waals surface area contributed by atoms with Crippen molar-refractivity contribution in [1.82, 2.24) is 4.57 Å². The molecule has 1 aliphatic carbocycles. The molecule has 2 aromatic carbocycles. The molecule has 0 unspecified atom stereocenters. The van der Waals surface area contributed by atoms with E-state index in [4.69, 9.17) is 15.2 Å². The number of methoxy groups -OCH3 is 1. The lowest BCUT2D eigenvalue weighted by Crippen LogP contribution is -2.26. The number of esters is 2. The van der Waals surface area contributed by atoms with Crippen molar-refractivity contribution < 1.29 is 19.1 Å². The lowest BCUT2D eigenvalue weighted by atomic mass is 9.81. The Bertz CT molecular complexity index is 1210. The molecule has 34 heavy (non-hydrogen) atoms. The Morgan fingerprint density at radius 2 is 1.76 bits per heavy atom. The van der Waals surface area contributed by atoms with Crippen molar-refractivity contribution in [3.8, 4) is 11.3 Å². The zero-order valence-electron chi connectivity index (χ0n) is 20.5. The van der Waals surface area contributed by atoms with Gasteiger partial charge in [-0.15, -0.1) is 0 Å². The molecule has 0 atom stereocenters. The van der Waals surface area contributed by atoms with Gasteiger partial charge in [-0.25, -0.2) is 4.79 Å². The minimum absolute atomic E-state index is 0.0226. The summed E-state index contributed by atoms with van der Waals surface area (Å²) in [6, 6.07) is 13.4. The van der Waals surface area contributed by atoms with Crippen molar-refractivity contribution in [2.75, 3.05) is 12.8 Å². The van der Waals surface area contributed by atoms with Crippen molar-refractivity contribution in [2.45, 2.75) is 70.9 Å². The first-order valence-corrected chi connectivity index (χ1v) is 12.0. The quantitative estimate of drug-likeness (QED) is 0.368. The maximum atomic E-state index is 13.0. The number of hydrogen-bond acceptors (Lipinski definition) is 5. The normalized spacial score (nSPS) is 14.8. The van der Waals surface area contributed by atoms with Crippen molar-refractivity contribution in [3.63, 3.8) is 0 Å². The first kappa shape index (κ1) is 23.9. The SMILES string of the molecule is COC(=O)c1ccc2c(C3CCCCC3)c(-c3ccccc3N)n(CC(=O)OC(C)(C)C)c2c1. The standard InChI is InChI=1S/C28H34N2O4/c1-28(2,3)34-24(31)17-30-23-16-19(27(32)33-4)14-15-21(23)25(18-10-6-5-7-11-18)26(30)20-12-8-9-13-22(20)29/h8-9,12-16,18H,5-7,10-11,17,29H2,1-4H3. The van der Waals surface area contributed by atoms with Gasteiger partial charge in [0.1, 0.15) is 12.1 Å². The van der Waals surface area contributed by atoms with E-state index in [1.54, 1.807) is 6.07 Å². The van der Waals surface area contributed by atoms with Gasteiger partial charge in [-0.1, -0.05) is 43.5 Å². The highest BCUT2D eigenvalue weighted by Gasteiger charge is 2.29. The number of aromatic nitrogens is 1. The molecule has 6 nitrogen and oxygen atoms in total. The summed E-state index contributed by atoms with van der Waals surface area (Å²) in [6.45, 7) is 5.60. The smallest absolute Gasteiger partial charge is 0.337 e. The van der Waals surface area contributed by atoms with Crippen molar-refractivity contribution in [1.29, 1.82) is 0 Å². The van der Waals surface area contributed by atoms with Gasteiger partial charge >= 0.3 is 11.9 Å². The molecule has 3 aromatic rings. The van der Waals surface area contributed by atoms with E-state index in [1.165, 1.54) is 31.9 Å². The third-order valence-electron chi connectivity index (χ3n) is 6.46. The van der Waals surface area contributed by atoms with Crippen molar-refractivity contribution in [3.05, 3.63) is 53.6 Å². The average Bonchev–Trinajstić information content (AvgIpc) is 3.11. The van der Waals surface area contributed by atoms with Crippen LogP contribution in [-0.4, -0.2) is 29.2 Å². The molecule has 0 spiro atoms. The number of nitrogens with zero attached hydrogens (tertiary/aromatic N) is 1. The van der Waals surface area contributed by atoms with E-state index in [1.807, 2.05) is 61.7 Å². The zero-order valence-corrected chi connectivity index (χ0v) is 20.5. The third-order valence-corrected chi connectivity index (χ3v) is 6.46. The van der Waals surface area contributed by atoms with Crippen LogP contribution >= 0.6 is 0 Å². The Labute approximate surface area is 201 Å². The van der Waals surface area contributed by atoms with Gasteiger partial charge in [0.05, 0.1) is 23.9 Å². The first-order valence-electron chi connectivity index (χ1n) is 12.0. The van der Waals surface area contributed by atoms with Crippen LogP contribution in [0.15, 0.2) is 42.5 Å². The van der Waals surface area contributed by atoms with E-state index in [0.29, 0.717) is 17.2 Å². The zero-order chi connectivity index (χ0) is 24.5. The maximum absolute atomic E-state index is 13.0. The number of nitrogen functional groups attached to an aromatic ring is 1. The fourth-order valence-corrected chi connectivity index (χ4v) is 5.10. The van der Waals surface area contributed by atoms with Gasteiger partial charge in [0.2, 0.25) is 0 Å². The summed E-state index contributed by atoms with van der Waals surface area (Å²) >= 11 is 0. The summed E-state index contributed by atoms with van der Waals surface area (Å²) in [6.07, 6.45) is 5.76. The highest BCUT2D eigenvalue weighted by molar-refractivity contribution is 6.00. The lowest BCUT2D eigenvalue weighted by Gasteiger charge is -2.24. The first-order chi connectivity index (χ1) is 16.2. The number of para-hydroxylation sites is 1. The van der Waals surface area contributed by atoms with Crippen LogP contribution in [-0.2, 0) is 20.8 Å². The van der Waals surface area contributed by atoms with Crippen LogP contribution in [0.3, 0.4) is 0 Å². The number of carbonyl (C=O) groups is 2. The van der Waals surface area contributed by atoms with Crippen LogP contribution in [0.1, 0.15) is 74.7 Å². The predicted molar refractivity (Wildman–Crippen MR) is 135 cm³/mol. The summed E-state index contributed by atoms with van der Waals surface area (Å²) in [5.41, 5.74) is 10.8. The summed E-state index contributed by atoms with van der Waals surface area (Å²) in [7, 11) is 1.37. The van der Waals surface area contributed by atoms with Crippen LogP contribution in [0.2, 0.25) is 0 Å². The van der Waals surface area contributed by atoms with Gasteiger partial charge in [-0.05, 0) is 63.3 Å². The second-order valence-electron chi connectivity index (χ2n) is 10.1. The van der Waals surface area contributed by atoms with E-state index in [-0.39, 0.29) is 12.5 Å². The molecule has 1 fully saturated rings. The number of rotatable bonds is 5. The summed E-state index contributed by atoms with van der Waals surface area (Å²) in [5, 5.41) is 1.04. The fraction of sp³-hybridized carbons (Fsp3) is 0.429. The second-order valence-corrected chi connectivity index (χ2v) is 10.1. The van der Waals surface area contributed by atoms with Crippen LogP contribution in [0.4, 0.5) is 5.69 Å². The van der Waals surface area contributed by atoms with Crippen molar-refractivity contribution >= 4 is 28.5 Å². The Morgan fingerprint density at radius 3 is 2.41 bits per heavy atom. The molecule has 1 heterocycles. The number of carbonyl (C=O) groups excluding carboxylic acids is 2. The van der Waals surface area contributed by atoms with Gasteiger partial charge in [0, 0.05) is 16.6 Å². The molecule has 1 aliphatic rings. The van der Waals surface area contributed by atoms with Crippen molar-refractivity contribution in [2.24, 2.45) is 0 Å². The number of hydrogen-bond donors (Lipinski definition) is 1. The molecule has 6 heteroatoms. The predicted octanol–water partition coefficient (Wildman–Crippen LogP) is 6.07. The number of anilines is 1. The number of nitrogens with two attached hydrogens (primary N) is 1. The minimum atomic E-state index is -0.602. The number of benzene rings is 2. The van der Waals surface area contributed by atoms with Crippen LogP contribution < -0.4 is 5.73 Å². The largest absolute Gasteiger partial charge is 0.465 e. The minimum Gasteiger partial charge on any atom is -0.465 e. The summed E-state index contributed by atoms with van der Waals surface area (Å²) in [5.74, 6) is -0.388. The van der Waals surface area contributed by atoms with Crippen LogP contribution in [0, 0.1) is 0 Å². The summed E-state index contributed by atoms with van der Waals surface area (Å²) in [4.78, 5) is 25.4. The molecule has 2 N–H and O–H groups in total. The highest BCUT2D eigenvalue weighted by Crippen LogP contribution is 2.45. The van der Waals surface area contributed by atoms with Gasteiger partial charge in [0.15, 0.2) is 0 Å². The topological polar surface area (TPSA) is 83.5 Å². The number of ether oxygens (including phenoxy) is 2. The second kappa shape index (κ2) is 9.53. The molecule has 0 aliphatic heterocycles. The summed E-state index contributed by atoms with van der Waals surface area (Å²) < 4.78 is 12.6. The molecule has 1 aromatic heterocycles.